The molecule has 6 rings (SSSR count). The van der Waals surface area contributed by atoms with Gasteiger partial charge in [-0.1, -0.05) is 25.1 Å². The number of carbonyl (C=O) groups excluding carboxylic acids is 5. The lowest BCUT2D eigenvalue weighted by atomic mass is 9.90. The topological polar surface area (TPSA) is 202 Å². The SMILES string of the molecule is CC1(COC(=O)CC[C@H](NC(=O)c2cc(OCC(=O)N3CCC[C@H]3C(=O)NC3CCC3)n(-c3ccccc3)n2)C(=O)N2CCN(C(=O)O)CC2)COC1. The normalized spacial score (nSPS) is 20.1. The highest BCUT2D eigenvalue weighted by molar-refractivity contribution is 5.96. The van der Waals surface area contributed by atoms with Crippen LogP contribution in [0, 0.1) is 5.41 Å². The standard InChI is InChI=1S/C36H47N7O10/c1-36(21-51-22-36)23-53-31(45)13-12-26(34(48)40-15-17-41(18-16-40)35(49)50)38-32(46)27-19-30(43(39-27)25-9-3-2-4-10-25)52-20-29(44)42-14-6-11-28(42)33(47)37-24-7-5-8-24/h2-4,9-10,19,24,26,28H,5-8,11-18,20-23H2,1H3,(H,37,47)(H,38,46)(H,49,50)/t26-,28-/m0/s1. The van der Waals surface area contributed by atoms with Crippen LogP contribution in [0.1, 0.15) is 62.4 Å². The molecule has 1 aliphatic carbocycles. The Balaban J connectivity index is 1.14. The van der Waals surface area contributed by atoms with E-state index in [0.717, 1.165) is 19.3 Å². The van der Waals surface area contributed by atoms with Gasteiger partial charge in [-0.25, -0.2) is 9.48 Å². The van der Waals surface area contributed by atoms with Crippen molar-refractivity contribution in [1.82, 2.24) is 35.1 Å². The zero-order chi connectivity index (χ0) is 37.5. The third-order valence-corrected chi connectivity index (χ3v) is 10.2. The van der Waals surface area contributed by atoms with Gasteiger partial charge in [0.1, 0.15) is 18.7 Å². The first-order valence-corrected chi connectivity index (χ1v) is 18.2. The first kappa shape index (κ1) is 37.6. The Bertz CT molecular complexity index is 1670. The summed E-state index contributed by atoms with van der Waals surface area (Å²) in [7, 11) is 0. The maximum absolute atomic E-state index is 13.8. The van der Waals surface area contributed by atoms with E-state index in [2.05, 4.69) is 15.7 Å². The molecule has 0 radical (unpaired) electrons. The summed E-state index contributed by atoms with van der Waals surface area (Å²) in [6.07, 6.45) is 2.91. The number of hydrogen-bond donors (Lipinski definition) is 3. The minimum Gasteiger partial charge on any atom is -0.467 e. The zero-order valence-corrected chi connectivity index (χ0v) is 29.9. The molecular formula is C36H47N7O10. The van der Waals surface area contributed by atoms with Gasteiger partial charge in [0.15, 0.2) is 12.3 Å². The fraction of sp³-hybridized carbons (Fsp3) is 0.583. The van der Waals surface area contributed by atoms with Crippen molar-refractivity contribution in [1.29, 1.82) is 0 Å². The molecule has 17 heteroatoms. The first-order chi connectivity index (χ1) is 25.5. The third kappa shape index (κ3) is 9.25. The minimum absolute atomic E-state index is 0.0711. The third-order valence-electron chi connectivity index (χ3n) is 10.2. The van der Waals surface area contributed by atoms with E-state index in [4.69, 9.17) is 14.2 Å². The van der Waals surface area contributed by atoms with Crippen LogP contribution in [0.4, 0.5) is 4.79 Å². The van der Waals surface area contributed by atoms with Gasteiger partial charge in [0.05, 0.1) is 18.9 Å². The summed E-state index contributed by atoms with van der Waals surface area (Å²) in [5.41, 5.74) is 0.181. The number of nitrogens with zero attached hydrogens (tertiary/aromatic N) is 5. The predicted molar refractivity (Wildman–Crippen MR) is 186 cm³/mol. The summed E-state index contributed by atoms with van der Waals surface area (Å²) < 4.78 is 18.0. The van der Waals surface area contributed by atoms with Crippen LogP contribution in [-0.4, -0.2) is 143 Å². The van der Waals surface area contributed by atoms with Crippen LogP contribution in [0.3, 0.4) is 0 Å². The van der Waals surface area contributed by atoms with Crippen molar-refractivity contribution in [2.75, 3.05) is 59.2 Å². The molecule has 2 aromatic rings. The van der Waals surface area contributed by atoms with Gasteiger partial charge in [-0.05, 0) is 50.7 Å². The summed E-state index contributed by atoms with van der Waals surface area (Å²) in [6, 6.07) is 8.65. The van der Waals surface area contributed by atoms with Crippen molar-refractivity contribution in [3.05, 3.63) is 42.1 Å². The lowest BCUT2D eigenvalue weighted by molar-refractivity contribution is -0.165. The van der Waals surface area contributed by atoms with E-state index in [1.54, 1.807) is 24.3 Å². The molecule has 53 heavy (non-hydrogen) atoms. The van der Waals surface area contributed by atoms with E-state index in [0.29, 0.717) is 38.3 Å². The number of para-hydroxylation sites is 1. The highest BCUT2D eigenvalue weighted by atomic mass is 16.5. The molecule has 1 saturated carbocycles. The number of aromatic nitrogens is 2. The Morgan fingerprint density at radius 3 is 2.34 bits per heavy atom. The molecule has 1 aromatic carbocycles. The Hall–Kier alpha value is -5.19. The number of rotatable bonds is 14. The fourth-order valence-corrected chi connectivity index (χ4v) is 6.69. The van der Waals surface area contributed by atoms with Crippen LogP contribution >= 0.6 is 0 Å². The second kappa shape index (κ2) is 16.7. The number of amides is 5. The summed E-state index contributed by atoms with van der Waals surface area (Å²) in [4.78, 5) is 82.1. The number of esters is 1. The van der Waals surface area contributed by atoms with E-state index in [-0.39, 0.29) is 80.5 Å². The van der Waals surface area contributed by atoms with Crippen molar-refractivity contribution < 1.29 is 48.1 Å². The van der Waals surface area contributed by atoms with Crippen LogP contribution in [0.2, 0.25) is 0 Å². The number of carboxylic acid groups (broad SMARTS) is 1. The van der Waals surface area contributed by atoms with E-state index >= 15 is 0 Å². The Morgan fingerprint density at radius 2 is 1.70 bits per heavy atom. The average Bonchev–Trinajstić information content (AvgIpc) is 3.81. The molecule has 3 aliphatic heterocycles. The maximum Gasteiger partial charge on any atom is 0.407 e. The summed E-state index contributed by atoms with van der Waals surface area (Å²) in [6.45, 7) is 3.54. The van der Waals surface area contributed by atoms with Crippen molar-refractivity contribution in [3.63, 3.8) is 0 Å². The molecule has 0 bridgehead atoms. The van der Waals surface area contributed by atoms with Gasteiger partial charge < -0.3 is 44.7 Å². The second-order valence-electron chi connectivity index (χ2n) is 14.4. The largest absolute Gasteiger partial charge is 0.467 e. The quantitative estimate of drug-likeness (QED) is 0.235. The van der Waals surface area contributed by atoms with E-state index < -0.39 is 42.6 Å². The zero-order valence-electron chi connectivity index (χ0n) is 29.9. The molecule has 0 spiro atoms. The van der Waals surface area contributed by atoms with Gasteiger partial charge in [0, 0.05) is 56.7 Å². The molecule has 17 nitrogen and oxygen atoms in total. The summed E-state index contributed by atoms with van der Waals surface area (Å²) in [5, 5.41) is 19.6. The highest BCUT2D eigenvalue weighted by Gasteiger charge is 2.37. The lowest BCUT2D eigenvalue weighted by Crippen LogP contribution is -2.55. The molecule has 286 valence electrons. The molecular weight excluding hydrogens is 690 g/mol. The summed E-state index contributed by atoms with van der Waals surface area (Å²) in [5.74, 6) is -2.16. The van der Waals surface area contributed by atoms with Crippen LogP contribution in [0.25, 0.3) is 5.69 Å². The Labute approximate surface area is 306 Å². The van der Waals surface area contributed by atoms with E-state index in [1.807, 2.05) is 13.0 Å². The van der Waals surface area contributed by atoms with Crippen molar-refractivity contribution in [3.8, 4) is 11.6 Å². The number of likely N-dealkylation sites (tertiary alicyclic amines) is 1. The first-order valence-electron chi connectivity index (χ1n) is 18.2. The van der Waals surface area contributed by atoms with E-state index in [9.17, 15) is 33.9 Å². The number of nitrogens with one attached hydrogen (secondary N) is 2. The number of ether oxygens (including phenoxy) is 3. The second-order valence-corrected chi connectivity index (χ2v) is 14.4. The molecule has 2 atom stereocenters. The van der Waals surface area contributed by atoms with Crippen LogP contribution in [0.5, 0.6) is 5.88 Å². The molecule has 3 N–H and O–H groups in total. The molecule has 0 unspecified atom stereocenters. The van der Waals surface area contributed by atoms with Crippen molar-refractivity contribution in [2.45, 2.75) is 70.0 Å². The summed E-state index contributed by atoms with van der Waals surface area (Å²) >= 11 is 0. The van der Waals surface area contributed by atoms with E-state index in [1.165, 1.54) is 25.4 Å². The smallest absolute Gasteiger partial charge is 0.407 e. The average molecular weight is 738 g/mol. The Kier molecular flexibility index (Phi) is 11.8. The van der Waals surface area contributed by atoms with Crippen LogP contribution in [0.15, 0.2) is 36.4 Å². The maximum atomic E-state index is 13.8. The minimum atomic E-state index is -1.15. The van der Waals surface area contributed by atoms with Crippen LogP contribution < -0.4 is 15.4 Å². The molecule has 4 heterocycles. The highest BCUT2D eigenvalue weighted by Crippen LogP contribution is 2.27. The van der Waals surface area contributed by atoms with Crippen molar-refractivity contribution in [2.24, 2.45) is 5.41 Å². The van der Waals surface area contributed by atoms with Crippen molar-refractivity contribution >= 4 is 35.7 Å². The number of hydrogen-bond acceptors (Lipinski definition) is 10. The lowest BCUT2D eigenvalue weighted by Gasteiger charge is -2.37. The monoisotopic (exact) mass is 737 g/mol. The van der Waals surface area contributed by atoms with Gasteiger partial charge in [-0.3, -0.25) is 24.0 Å². The number of benzene rings is 1. The number of piperazine rings is 1. The van der Waals surface area contributed by atoms with Gasteiger partial charge in [0.25, 0.3) is 11.8 Å². The molecule has 4 fully saturated rings. The van der Waals surface area contributed by atoms with Gasteiger partial charge in [-0.15, -0.1) is 0 Å². The predicted octanol–water partition coefficient (Wildman–Crippen LogP) is 1.19. The molecule has 3 saturated heterocycles. The molecule has 5 amide bonds. The Morgan fingerprint density at radius 1 is 0.981 bits per heavy atom. The fourth-order valence-electron chi connectivity index (χ4n) is 6.69. The van der Waals surface area contributed by atoms with Crippen LogP contribution in [-0.2, 0) is 28.7 Å². The number of carbonyl (C=O) groups is 6. The van der Waals surface area contributed by atoms with Gasteiger partial charge in [-0.2, -0.15) is 5.10 Å². The van der Waals surface area contributed by atoms with Gasteiger partial charge in [0.2, 0.25) is 17.7 Å². The molecule has 4 aliphatic rings. The molecule has 1 aromatic heterocycles. The van der Waals surface area contributed by atoms with Gasteiger partial charge >= 0.3 is 12.1 Å².